The lowest BCUT2D eigenvalue weighted by Crippen LogP contribution is -2.06. The van der Waals surface area contributed by atoms with E-state index in [-0.39, 0.29) is 6.61 Å². The number of aliphatic hydroxyl groups is 1. The number of aryl methyl sites for hydroxylation is 1. The molecule has 0 fully saturated rings. The molecule has 5 heteroatoms. The van der Waals surface area contributed by atoms with Crippen LogP contribution in [-0.4, -0.2) is 25.9 Å². The molecule has 0 saturated carbocycles. The molecule has 0 aliphatic rings. The number of halogens is 1. The standard InChI is InChI=1S/C13H16ClNO2S/c1-18(17)6-2-5-15-12(9-16)8-10-7-11(14)3-4-13(10)15/h3-4,7-8,16H,2,5-6,9H2,1H3. The molecule has 0 aliphatic heterocycles. The molecule has 1 aromatic carbocycles. The van der Waals surface area contributed by atoms with Crippen LogP contribution in [0.4, 0.5) is 0 Å². The van der Waals surface area contributed by atoms with Crippen LogP contribution >= 0.6 is 11.6 Å². The maximum absolute atomic E-state index is 11.1. The van der Waals surface area contributed by atoms with Crippen LogP contribution in [0.25, 0.3) is 10.9 Å². The number of fused-ring (bicyclic) bond motifs is 1. The summed E-state index contributed by atoms with van der Waals surface area (Å²) in [5, 5.41) is 11.1. The van der Waals surface area contributed by atoms with Gasteiger partial charge in [0, 0.05) is 51.0 Å². The summed E-state index contributed by atoms with van der Waals surface area (Å²) in [6.07, 6.45) is 2.54. The van der Waals surface area contributed by atoms with Gasteiger partial charge in [-0.2, -0.15) is 0 Å². The second-order valence-electron chi connectivity index (χ2n) is 4.28. The second-order valence-corrected chi connectivity index (χ2v) is 6.27. The van der Waals surface area contributed by atoms with E-state index in [0.717, 1.165) is 29.6 Å². The van der Waals surface area contributed by atoms with E-state index < -0.39 is 10.8 Å². The largest absolute Gasteiger partial charge is 0.390 e. The van der Waals surface area contributed by atoms with E-state index in [1.807, 2.05) is 24.3 Å². The van der Waals surface area contributed by atoms with Crippen molar-refractivity contribution < 1.29 is 9.32 Å². The Bertz CT molecular complexity index is 580. The third-order valence-corrected chi connectivity index (χ3v) is 4.02. The molecule has 18 heavy (non-hydrogen) atoms. The van der Waals surface area contributed by atoms with Gasteiger partial charge in [-0.15, -0.1) is 0 Å². The van der Waals surface area contributed by atoms with Gasteiger partial charge in [-0.1, -0.05) is 11.6 Å². The molecular formula is C13H16ClNO2S. The molecule has 0 bridgehead atoms. The van der Waals surface area contributed by atoms with E-state index >= 15 is 0 Å². The molecule has 0 radical (unpaired) electrons. The van der Waals surface area contributed by atoms with Gasteiger partial charge in [0.1, 0.15) is 0 Å². The SMILES string of the molecule is CS(=O)CCCn1c(CO)cc2cc(Cl)ccc21. The number of hydrogen-bond donors (Lipinski definition) is 1. The Balaban J connectivity index is 2.31. The van der Waals surface area contributed by atoms with Crippen molar-refractivity contribution in [3.05, 3.63) is 35.0 Å². The molecule has 2 rings (SSSR count). The quantitative estimate of drug-likeness (QED) is 0.917. The summed E-state index contributed by atoms with van der Waals surface area (Å²) < 4.78 is 13.1. The average Bonchev–Trinajstić information content (AvgIpc) is 2.66. The first-order valence-corrected chi connectivity index (χ1v) is 7.91. The minimum Gasteiger partial charge on any atom is -0.390 e. The molecule has 1 atom stereocenters. The monoisotopic (exact) mass is 285 g/mol. The first-order chi connectivity index (χ1) is 8.61. The van der Waals surface area contributed by atoms with E-state index in [1.54, 1.807) is 6.26 Å². The Morgan fingerprint density at radius 3 is 2.83 bits per heavy atom. The Morgan fingerprint density at radius 2 is 2.17 bits per heavy atom. The molecule has 1 unspecified atom stereocenters. The van der Waals surface area contributed by atoms with Crippen molar-refractivity contribution in [3.63, 3.8) is 0 Å². The molecule has 3 nitrogen and oxygen atoms in total. The summed E-state index contributed by atoms with van der Waals surface area (Å²) in [4.78, 5) is 0. The first-order valence-electron chi connectivity index (χ1n) is 5.80. The van der Waals surface area contributed by atoms with E-state index in [2.05, 4.69) is 4.57 Å². The van der Waals surface area contributed by atoms with Gasteiger partial charge in [-0.05, 0) is 30.7 Å². The Hall–Kier alpha value is -0.840. The van der Waals surface area contributed by atoms with Gasteiger partial charge in [0.05, 0.1) is 6.61 Å². The predicted octanol–water partition coefficient (Wildman–Crippen LogP) is 2.56. The van der Waals surface area contributed by atoms with Crippen LogP contribution in [0.5, 0.6) is 0 Å². The summed E-state index contributed by atoms with van der Waals surface area (Å²) >= 11 is 5.96. The van der Waals surface area contributed by atoms with E-state index in [0.29, 0.717) is 10.8 Å². The number of nitrogens with zero attached hydrogens (tertiary/aromatic N) is 1. The van der Waals surface area contributed by atoms with Gasteiger partial charge in [0.25, 0.3) is 0 Å². The van der Waals surface area contributed by atoms with Gasteiger partial charge in [0.15, 0.2) is 0 Å². The third-order valence-electron chi connectivity index (χ3n) is 2.92. The molecule has 1 N–H and O–H groups in total. The van der Waals surface area contributed by atoms with Gasteiger partial charge < -0.3 is 9.67 Å². The fourth-order valence-corrected chi connectivity index (χ4v) is 2.84. The van der Waals surface area contributed by atoms with Crippen molar-refractivity contribution in [2.75, 3.05) is 12.0 Å². The van der Waals surface area contributed by atoms with Crippen molar-refractivity contribution in [2.24, 2.45) is 0 Å². The second kappa shape index (κ2) is 5.87. The van der Waals surface area contributed by atoms with E-state index in [1.165, 1.54) is 0 Å². The van der Waals surface area contributed by atoms with Crippen molar-refractivity contribution in [2.45, 2.75) is 19.6 Å². The Labute approximate surface area is 114 Å². The predicted molar refractivity (Wildman–Crippen MR) is 76.4 cm³/mol. The molecule has 0 spiro atoms. The fraction of sp³-hybridized carbons (Fsp3) is 0.385. The van der Waals surface area contributed by atoms with Gasteiger partial charge >= 0.3 is 0 Å². The molecule has 1 aromatic heterocycles. The number of aliphatic hydroxyl groups excluding tert-OH is 1. The number of aromatic nitrogens is 1. The van der Waals surface area contributed by atoms with Crippen LogP contribution in [-0.2, 0) is 24.0 Å². The lowest BCUT2D eigenvalue weighted by molar-refractivity contribution is 0.271. The third kappa shape index (κ3) is 2.94. The van der Waals surface area contributed by atoms with Gasteiger partial charge in [0.2, 0.25) is 0 Å². The van der Waals surface area contributed by atoms with Crippen LogP contribution in [0.1, 0.15) is 12.1 Å². The number of benzene rings is 1. The zero-order valence-electron chi connectivity index (χ0n) is 10.2. The van der Waals surface area contributed by atoms with Crippen molar-refractivity contribution in [3.8, 4) is 0 Å². The van der Waals surface area contributed by atoms with Crippen LogP contribution in [0.15, 0.2) is 24.3 Å². The van der Waals surface area contributed by atoms with Gasteiger partial charge in [-0.3, -0.25) is 4.21 Å². The summed E-state index contributed by atoms with van der Waals surface area (Å²) in [5.74, 6) is 0.679. The fourth-order valence-electron chi connectivity index (χ4n) is 2.12. The topological polar surface area (TPSA) is 42.2 Å². The van der Waals surface area contributed by atoms with Crippen LogP contribution in [0.3, 0.4) is 0 Å². The molecule has 2 aromatic rings. The molecule has 0 saturated heterocycles. The van der Waals surface area contributed by atoms with Crippen molar-refractivity contribution in [1.82, 2.24) is 4.57 Å². The zero-order chi connectivity index (χ0) is 13.1. The zero-order valence-corrected chi connectivity index (χ0v) is 11.8. The maximum atomic E-state index is 11.1. The highest BCUT2D eigenvalue weighted by Gasteiger charge is 2.08. The average molecular weight is 286 g/mol. The van der Waals surface area contributed by atoms with Crippen molar-refractivity contribution >= 4 is 33.3 Å². The highest BCUT2D eigenvalue weighted by atomic mass is 35.5. The van der Waals surface area contributed by atoms with Crippen LogP contribution < -0.4 is 0 Å². The molecular weight excluding hydrogens is 270 g/mol. The van der Waals surface area contributed by atoms with E-state index in [9.17, 15) is 9.32 Å². The van der Waals surface area contributed by atoms with Crippen molar-refractivity contribution in [1.29, 1.82) is 0 Å². The number of hydrogen-bond acceptors (Lipinski definition) is 2. The number of rotatable bonds is 5. The van der Waals surface area contributed by atoms with Crippen LogP contribution in [0.2, 0.25) is 5.02 Å². The summed E-state index contributed by atoms with van der Waals surface area (Å²) in [6.45, 7) is 0.766. The smallest absolute Gasteiger partial charge is 0.0833 e. The minimum absolute atomic E-state index is 0.00150. The normalized spacial score (nSPS) is 13.1. The molecule has 0 amide bonds. The van der Waals surface area contributed by atoms with Gasteiger partial charge in [-0.25, -0.2) is 0 Å². The molecule has 98 valence electrons. The first kappa shape index (κ1) is 13.6. The highest BCUT2D eigenvalue weighted by Crippen LogP contribution is 2.24. The Morgan fingerprint density at radius 1 is 1.39 bits per heavy atom. The van der Waals surface area contributed by atoms with Crippen LogP contribution in [0, 0.1) is 0 Å². The maximum Gasteiger partial charge on any atom is 0.0833 e. The lowest BCUT2D eigenvalue weighted by atomic mass is 10.2. The van der Waals surface area contributed by atoms with E-state index in [4.69, 9.17) is 11.6 Å². The molecule has 1 heterocycles. The minimum atomic E-state index is -0.770. The lowest BCUT2D eigenvalue weighted by Gasteiger charge is -2.08. The summed E-state index contributed by atoms with van der Waals surface area (Å²) in [5.41, 5.74) is 1.93. The highest BCUT2D eigenvalue weighted by molar-refractivity contribution is 7.84. The summed E-state index contributed by atoms with van der Waals surface area (Å²) in [7, 11) is -0.770. The molecule has 0 aliphatic carbocycles. The summed E-state index contributed by atoms with van der Waals surface area (Å²) in [6, 6.07) is 7.65. The Kier molecular flexibility index (Phi) is 4.43.